The van der Waals surface area contributed by atoms with Gasteiger partial charge in [0.2, 0.25) is 0 Å². The fourth-order valence-electron chi connectivity index (χ4n) is 3.76. The first-order valence-corrected chi connectivity index (χ1v) is 11.2. The Morgan fingerprint density at radius 2 is 1.66 bits per heavy atom. The molecule has 1 aliphatic rings. The number of para-hydroxylation sites is 2. The van der Waals surface area contributed by atoms with Crippen molar-refractivity contribution in [3.63, 3.8) is 0 Å². The van der Waals surface area contributed by atoms with E-state index in [2.05, 4.69) is 18.2 Å². The molecule has 0 amide bonds. The SMILES string of the molecule is C(=Cc1cn(-c2ccccc2)nc1-c1ccc2c(c1)OCCO2)c1nc2ccccc2s1. The van der Waals surface area contributed by atoms with E-state index in [4.69, 9.17) is 19.6 Å². The van der Waals surface area contributed by atoms with E-state index in [1.807, 2.05) is 77.6 Å². The lowest BCUT2D eigenvalue weighted by Crippen LogP contribution is -2.15. The van der Waals surface area contributed by atoms with E-state index >= 15 is 0 Å². The number of fused-ring (bicyclic) bond motifs is 2. The third-order valence-electron chi connectivity index (χ3n) is 5.29. The minimum atomic E-state index is 0.555. The van der Waals surface area contributed by atoms with Crippen molar-refractivity contribution in [3.05, 3.63) is 89.6 Å². The van der Waals surface area contributed by atoms with Crippen molar-refractivity contribution in [1.29, 1.82) is 0 Å². The molecule has 5 aromatic rings. The van der Waals surface area contributed by atoms with Crippen LogP contribution in [0.2, 0.25) is 0 Å². The Balaban J connectivity index is 1.43. The van der Waals surface area contributed by atoms with Crippen molar-refractivity contribution in [3.8, 4) is 28.4 Å². The zero-order chi connectivity index (χ0) is 21.3. The molecule has 156 valence electrons. The standard InChI is InChI=1S/C26H19N3O2S/c1-2-6-20(7-3-1)29-17-19(11-13-25-27-21-8-4-5-9-24(21)32-25)26(28-29)18-10-12-22-23(16-18)31-15-14-30-22/h1-13,16-17H,14-15H2. The molecule has 6 heteroatoms. The summed E-state index contributed by atoms with van der Waals surface area (Å²) in [6, 6.07) is 24.3. The number of ether oxygens (including phenoxy) is 2. The monoisotopic (exact) mass is 437 g/mol. The van der Waals surface area contributed by atoms with Gasteiger partial charge in [0.15, 0.2) is 11.5 Å². The average molecular weight is 438 g/mol. The van der Waals surface area contributed by atoms with Gasteiger partial charge >= 0.3 is 0 Å². The predicted molar refractivity (Wildman–Crippen MR) is 129 cm³/mol. The summed E-state index contributed by atoms with van der Waals surface area (Å²) in [5.41, 5.74) is 4.89. The topological polar surface area (TPSA) is 49.2 Å². The normalized spacial score (nSPS) is 13.1. The van der Waals surface area contributed by atoms with Gasteiger partial charge in [-0.05, 0) is 54.6 Å². The Morgan fingerprint density at radius 3 is 2.53 bits per heavy atom. The summed E-state index contributed by atoms with van der Waals surface area (Å²) < 4.78 is 14.6. The number of thiazole rings is 1. The molecule has 5 nitrogen and oxygen atoms in total. The molecule has 3 aromatic carbocycles. The van der Waals surface area contributed by atoms with Crippen LogP contribution in [0.5, 0.6) is 11.5 Å². The quantitative estimate of drug-likeness (QED) is 0.341. The largest absolute Gasteiger partial charge is 0.486 e. The Hall–Kier alpha value is -3.90. The van der Waals surface area contributed by atoms with Crippen LogP contribution >= 0.6 is 11.3 Å². The number of nitrogens with zero attached hydrogens (tertiary/aromatic N) is 3. The second kappa shape index (κ2) is 7.98. The van der Waals surface area contributed by atoms with E-state index in [0.29, 0.717) is 13.2 Å². The number of aromatic nitrogens is 3. The number of rotatable bonds is 4. The molecule has 6 rings (SSSR count). The number of benzene rings is 3. The first-order valence-electron chi connectivity index (χ1n) is 10.4. The fraction of sp³-hybridized carbons (Fsp3) is 0.0769. The first kappa shape index (κ1) is 18.8. The summed E-state index contributed by atoms with van der Waals surface area (Å²) in [6.07, 6.45) is 6.18. The molecular formula is C26H19N3O2S. The summed E-state index contributed by atoms with van der Waals surface area (Å²) in [5, 5.41) is 5.87. The van der Waals surface area contributed by atoms with Crippen LogP contribution in [-0.4, -0.2) is 28.0 Å². The maximum Gasteiger partial charge on any atom is 0.162 e. The summed E-state index contributed by atoms with van der Waals surface area (Å²) in [6.45, 7) is 1.13. The van der Waals surface area contributed by atoms with E-state index in [-0.39, 0.29) is 0 Å². The van der Waals surface area contributed by atoms with Gasteiger partial charge in [-0.1, -0.05) is 30.3 Å². The van der Waals surface area contributed by atoms with E-state index < -0.39 is 0 Å². The molecule has 0 saturated heterocycles. The first-order chi connectivity index (χ1) is 15.8. The Kier molecular flexibility index (Phi) is 4.70. The predicted octanol–water partition coefficient (Wildman–Crippen LogP) is 6.09. The third kappa shape index (κ3) is 3.55. The fourth-order valence-corrected chi connectivity index (χ4v) is 4.63. The maximum absolute atomic E-state index is 5.79. The third-order valence-corrected chi connectivity index (χ3v) is 6.30. The van der Waals surface area contributed by atoms with E-state index in [0.717, 1.165) is 44.5 Å². The molecule has 0 unspecified atom stereocenters. The lowest BCUT2D eigenvalue weighted by molar-refractivity contribution is 0.171. The second-order valence-electron chi connectivity index (χ2n) is 7.42. The van der Waals surface area contributed by atoms with Crippen LogP contribution in [0, 0.1) is 0 Å². The molecule has 2 aromatic heterocycles. The summed E-state index contributed by atoms with van der Waals surface area (Å²) in [5.74, 6) is 1.53. The number of hydrogen-bond donors (Lipinski definition) is 0. The minimum absolute atomic E-state index is 0.555. The Bertz CT molecular complexity index is 1400. The molecule has 32 heavy (non-hydrogen) atoms. The van der Waals surface area contributed by atoms with Crippen LogP contribution in [0.25, 0.3) is 39.3 Å². The van der Waals surface area contributed by atoms with Crippen molar-refractivity contribution in [2.24, 2.45) is 0 Å². The molecule has 0 radical (unpaired) electrons. The van der Waals surface area contributed by atoms with Gasteiger partial charge in [0.25, 0.3) is 0 Å². The van der Waals surface area contributed by atoms with Crippen molar-refractivity contribution in [2.45, 2.75) is 0 Å². The molecule has 0 N–H and O–H groups in total. The van der Waals surface area contributed by atoms with Crippen LogP contribution < -0.4 is 9.47 Å². The Labute approximate surface area is 189 Å². The van der Waals surface area contributed by atoms with E-state index in [1.54, 1.807) is 11.3 Å². The van der Waals surface area contributed by atoms with Crippen LogP contribution in [0.1, 0.15) is 10.6 Å². The number of hydrogen-bond acceptors (Lipinski definition) is 5. The second-order valence-corrected chi connectivity index (χ2v) is 8.49. The van der Waals surface area contributed by atoms with E-state index in [1.165, 1.54) is 4.70 Å². The molecule has 1 aliphatic heterocycles. The van der Waals surface area contributed by atoms with Gasteiger partial charge in [0.05, 0.1) is 15.9 Å². The summed E-state index contributed by atoms with van der Waals surface area (Å²) in [4.78, 5) is 4.72. The summed E-state index contributed by atoms with van der Waals surface area (Å²) in [7, 11) is 0. The van der Waals surface area contributed by atoms with Gasteiger partial charge in [0.1, 0.15) is 23.9 Å². The average Bonchev–Trinajstić information content (AvgIpc) is 3.47. The zero-order valence-corrected chi connectivity index (χ0v) is 18.0. The van der Waals surface area contributed by atoms with Gasteiger partial charge in [-0.2, -0.15) is 5.10 Å². The van der Waals surface area contributed by atoms with Gasteiger partial charge in [-0.3, -0.25) is 0 Å². The molecule has 0 saturated carbocycles. The minimum Gasteiger partial charge on any atom is -0.486 e. The highest BCUT2D eigenvalue weighted by molar-refractivity contribution is 7.19. The molecule has 0 bridgehead atoms. The smallest absolute Gasteiger partial charge is 0.162 e. The van der Waals surface area contributed by atoms with Gasteiger partial charge in [-0.15, -0.1) is 11.3 Å². The highest BCUT2D eigenvalue weighted by Gasteiger charge is 2.16. The van der Waals surface area contributed by atoms with Crippen molar-refractivity contribution in [1.82, 2.24) is 14.8 Å². The lowest BCUT2D eigenvalue weighted by atomic mass is 10.1. The van der Waals surface area contributed by atoms with Gasteiger partial charge in [0, 0.05) is 17.3 Å². The van der Waals surface area contributed by atoms with Gasteiger partial charge < -0.3 is 9.47 Å². The summed E-state index contributed by atoms with van der Waals surface area (Å²) >= 11 is 1.68. The molecule has 3 heterocycles. The van der Waals surface area contributed by atoms with Gasteiger partial charge in [-0.25, -0.2) is 9.67 Å². The Morgan fingerprint density at radius 1 is 0.844 bits per heavy atom. The molecule has 0 spiro atoms. The molecule has 0 fully saturated rings. The van der Waals surface area contributed by atoms with Crippen molar-refractivity contribution < 1.29 is 9.47 Å². The van der Waals surface area contributed by atoms with E-state index in [9.17, 15) is 0 Å². The zero-order valence-electron chi connectivity index (χ0n) is 17.1. The molecule has 0 aliphatic carbocycles. The van der Waals surface area contributed by atoms with Crippen LogP contribution in [0.4, 0.5) is 0 Å². The van der Waals surface area contributed by atoms with Crippen LogP contribution in [0.15, 0.2) is 79.0 Å². The van der Waals surface area contributed by atoms with Crippen LogP contribution in [0.3, 0.4) is 0 Å². The molecular weight excluding hydrogens is 418 g/mol. The highest BCUT2D eigenvalue weighted by Crippen LogP contribution is 2.36. The van der Waals surface area contributed by atoms with Crippen molar-refractivity contribution >= 4 is 33.7 Å². The highest BCUT2D eigenvalue weighted by atomic mass is 32.1. The van der Waals surface area contributed by atoms with Crippen LogP contribution in [-0.2, 0) is 0 Å². The lowest BCUT2D eigenvalue weighted by Gasteiger charge is -2.18. The maximum atomic E-state index is 5.79. The molecule has 0 atom stereocenters. The van der Waals surface area contributed by atoms with Crippen molar-refractivity contribution in [2.75, 3.05) is 13.2 Å².